The first-order valence-corrected chi connectivity index (χ1v) is 12.0. The SMILES string of the molecule is C=CCOc1ccc(/C=N\NC(=O)[C@H](C)N(c2ccc(OCC)cc2)S(C)(=O)=O)cc1OC. The number of sulfonamides is 1. The van der Waals surface area contributed by atoms with Gasteiger partial charge in [0.2, 0.25) is 10.0 Å². The molecule has 33 heavy (non-hydrogen) atoms. The largest absolute Gasteiger partial charge is 0.494 e. The van der Waals surface area contributed by atoms with Crippen LogP contribution in [0.2, 0.25) is 0 Å². The van der Waals surface area contributed by atoms with Gasteiger partial charge in [0, 0.05) is 0 Å². The number of rotatable bonds is 12. The number of carbonyl (C=O) groups excluding carboxylic acids is 1. The third kappa shape index (κ3) is 7.25. The summed E-state index contributed by atoms with van der Waals surface area (Å²) in [5, 5.41) is 3.95. The molecule has 0 aliphatic heterocycles. The molecule has 0 spiro atoms. The minimum absolute atomic E-state index is 0.336. The van der Waals surface area contributed by atoms with Crippen molar-refractivity contribution in [1.82, 2.24) is 5.43 Å². The quantitative estimate of drug-likeness (QED) is 0.287. The molecular weight excluding hydrogens is 446 g/mol. The molecule has 2 aromatic rings. The Bertz CT molecular complexity index is 1080. The van der Waals surface area contributed by atoms with Gasteiger partial charge in [-0.3, -0.25) is 9.10 Å². The van der Waals surface area contributed by atoms with Gasteiger partial charge in [0.15, 0.2) is 11.5 Å². The Balaban J connectivity index is 2.13. The minimum atomic E-state index is -3.74. The average Bonchev–Trinajstić information content (AvgIpc) is 2.78. The van der Waals surface area contributed by atoms with Crippen LogP contribution < -0.4 is 23.9 Å². The highest BCUT2D eigenvalue weighted by atomic mass is 32.2. The van der Waals surface area contributed by atoms with Crippen molar-refractivity contribution in [2.24, 2.45) is 5.10 Å². The average molecular weight is 476 g/mol. The molecule has 2 aromatic carbocycles. The maximum absolute atomic E-state index is 12.6. The van der Waals surface area contributed by atoms with Crippen LogP contribution in [0.25, 0.3) is 0 Å². The Hall–Kier alpha value is -3.53. The van der Waals surface area contributed by atoms with Gasteiger partial charge in [0.05, 0.1) is 31.9 Å². The van der Waals surface area contributed by atoms with Crippen molar-refractivity contribution in [3.05, 3.63) is 60.7 Å². The number of carbonyl (C=O) groups is 1. The first-order valence-electron chi connectivity index (χ1n) is 10.2. The molecule has 0 saturated heterocycles. The zero-order valence-electron chi connectivity index (χ0n) is 19.1. The molecule has 0 unspecified atom stereocenters. The number of hydrogen-bond donors (Lipinski definition) is 1. The fourth-order valence-electron chi connectivity index (χ4n) is 2.96. The van der Waals surface area contributed by atoms with Gasteiger partial charge in [0.25, 0.3) is 5.91 Å². The topological polar surface area (TPSA) is 107 Å². The van der Waals surface area contributed by atoms with Gasteiger partial charge in [0.1, 0.15) is 18.4 Å². The van der Waals surface area contributed by atoms with E-state index >= 15 is 0 Å². The molecule has 0 radical (unpaired) electrons. The maximum Gasteiger partial charge on any atom is 0.263 e. The first-order chi connectivity index (χ1) is 15.7. The summed E-state index contributed by atoms with van der Waals surface area (Å²) >= 11 is 0. The molecule has 1 atom stereocenters. The van der Waals surface area contributed by atoms with Gasteiger partial charge in [-0.25, -0.2) is 13.8 Å². The molecule has 0 fully saturated rings. The van der Waals surface area contributed by atoms with Crippen molar-refractivity contribution in [2.45, 2.75) is 19.9 Å². The van der Waals surface area contributed by atoms with Crippen molar-refractivity contribution in [3.63, 3.8) is 0 Å². The number of nitrogens with one attached hydrogen (secondary N) is 1. The van der Waals surface area contributed by atoms with Crippen LogP contribution in [-0.2, 0) is 14.8 Å². The zero-order chi connectivity index (χ0) is 24.4. The molecule has 0 aliphatic rings. The summed E-state index contributed by atoms with van der Waals surface area (Å²) in [6.45, 7) is 7.76. The van der Waals surface area contributed by atoms with Gasteiger partial charge in [-0.15, -0.1) is 0 Å². The van der Waals surface area contributed by atoms with Crippen molar-refractivity contribution in [2.75, 3.05) is 30.9 Å². The van der Waals surface area contributed by atoms with E-state index in [0.717, 1.165) is 10.6 Å². The molecule has 0 bridgehead atoms. The van der Waals surface area contributed by atoms with Gasteiger partial charge < -0.3 is 14.2 Å². The number of benzene rings is 2. The minimum Gasteiger partial charge on any atom is -0.494 e. The fraction of sp³-hybridized carbons (Fsp3) is 0.304. The smallest absolute Gasteiger partial charge is 0.263 e. The third-order valence-electron chi connectivity index (χ3n) is 4.42. The summed E-state index contributed by atoms with van der Waals surface area (Å²) < 4.78 is 42.0. The predicted molar refractivity (Wildman–Crippen MR) is 129 cm³/mol. The van der Waals surface area contributed by atoms with E-state index < -0.39 is 22.0 Å². The molecule has 0 heterocycles. The lowest BCUT2D eigenvalue weighted by Crippen LogP contribution is -2.46. The van der Waals surface area contributed by atoms with Crippen LogP contribution in [0, 0.1) is 0 Å². The van der Waals surface area contributed by atoms with E-state index in [9.17, 15) is 13.2 Å². The number of hydrazone groups is 1. The Labute approximate surface area is 194 Å². The van der Waals surface area contributed by atoms with E-state index in [1.807, 2.05) is 6.92 Å². The summed E-state index contributed by atoms with van der Waals surface area (Å²) in [5.41, 5.74) is 3.38. The summed E-state index contributed by atoms with van der Waals surface area (Å²) in [6.07, 6.45) is 4.09. The van der Waals surface area contributed by atoms with E-state index in [1.165, 1.54) is 20.2 Å². The lowest BCUT2D eigenvalue weighted by molar-refractivity contribution is -0.121. The Kier molecular flexibility index (Phi) is 9.29. The van der Waals surface area contributed by atoms with E-state index in [0.29, 0.717) is 41.7 Å². The lowest BCUT2D eigenvalue weighted by Gasteiger charge is -2.27. The molecule has 0 saturated carbocycles. The zero-order valence-corrected chi connectivity index (χ0v) is 20.0. The molecule has 178 valence electrons. The summed E-state index contributed by atoms with van der Waals surface area (Å²) in [4.78, 5) is 12.6. The number of anilines is 1. The third-order valence-corrected chi connectivity index (χ3v) is 5.67. The molecule has 0 aromatic heterocycles. The van der Waals surface area contributed by atoms with Gasteiger partial charge in [-0.05, 0) is 61.9 Å². The summed E-state index contributed by atoms with van der Waals surface area (Å²) in [5.74, 6) is 1.06. The van der Waals surface area contributed by atoms with E-state index in [1.54, 1.807) is 48.5 Å². The summed E-state index contributed by atoms with van der Waals surface area (Å²) in [6, 6.07) is 10.6. The fourth-order valence-corrected chi connectivity index (χ4v) is 4.14. The highest BCUT2D eigenvalue weighted by Crippen LogP contribution is 2.27. The van der Waals surface area contributed by atoms with E-state index in [2.05, 4.69) is 17.1 Å². The number of amides is 1. The normalized spacial score (nSPS) is 12.1. The maximum atomic E-state index is 12.6. The first kappa shape index (κ1) is 25.7. The van der Waals surface area contributed by atoms with Gasteiger partial charge in [-0.1, -0.05) is 12.7 Å². The van der Waals surface area contributed by atoms with Crippen LogP contribution in [-0.4, -0.2) is 53.2 Å². The molecule has 10 heteroatoms. The van der Waals surface area contributed by atoms with Crippen LogP contribution in [0.1, 0.15) is 19.4 Å². The highest BCUT2D eigenvalue weighted by molar-refractivity contribution is 7.92. The monoisotopic (exact) mass is 475 g/mol. The van der Waals surface area contributed by atoms with Gasteiger partial charge in [-0.2, -0.15) is 5.10 Å². The van der Waals surface area contributed by atoms with E-state index in [4.69, 9.17) is 14.2 Å². The van der Waals surface area contributed by atoms with Crippen LogP contribution >= 0.6 is 0 Å². The second kappa shape index (κ2) is 11.9. The van der Waals surface area contributed by atoms with Crippen LogP contribution in [0.4, 0.5) is 5.69 Å². The van der Waals surface area contributed by atoms with E-state index in [-0.39, 0.29) is 0 Å². The Morgan fingerprint density at radius 1 is 1.18 bits per heavy atom. The van der Waals surface area contributed by atoms with Crippen LogP contribution in [0.15, 0.2) is 60.2 Å². The van der Waals surface area contributed by atoms with Crippen LogP contribution in [0.5, 0.6) is 17.2 Å². The predicted octanol–water partition coefficient (Wildman–Crippen LogP) is 2.96. The van der Waals surface area contributed by atoms with Crippen molar-refractivity contribution in [3.8, 4) is 17.2 Å². The molecular formula is C23H29N3O6S. The molecule has 1 amide bonds. The van der Waals surface area contributed by atoms with Crippen LogP contribution in [0.3, 0.4) is 0 Å². The summed E-state index contributed by atoms with van der Waals surface area (Å²) in [7, 11) is -2.23. The number of nitrogens with zero attached hydrogens (tertiary/aromatic N) is 2. The van der Waals surface area contributed by atoms with Gasteiger partial charge >= 0.3 is 0 Å². The molecule has 1 N–H and O–H groups in total. The van der Waals surface area contributed by atoms with Crippen molar-refractivity contribution < 1.29 is 27.4 Å². The number of methoxy groups -OCH3 is 1. The Morgan fingerprint density at radius 3 is 2.45 bits per heavy atom. The molecule has 0 aliphatic carbocycles. The lowest BCUT2D eigenvalue weighted by atomic mass is 10.2. The van der Waals surface area contributed by atoms with Crippen molar-refractivity contribution in [1.29, 1.82) is 0 Å². The second-order valence-corrected chi connectivity index (χ2v) is 8.77. The Morgan fingerprint density at radius 2 is 1.88 bits per heavy atom. The standard InChI is InChI=1S/C23H29N3O6S/c1-6-14-32-21-13-8-18(15-22(21)30-4)16-24-25-23(27)17(3)26(33(5,28)29)19-9-11-20(12-10-19)31-7-2/h6,8-13,15-17H,1,7,14H2,2-5H3,(H,25,27)/b24-16-/t17-/m0/s1. The number of ether oxygens (including phenoxy) is 3. The second-order valence-electron chi connectivity index (χ2n) is 6.91. The highest BCUT2D eigenvalue weighted by Gasteiger charge is 2.29. The van der Waals surface area contributed by atoms with Crippen molar-refractivity contribution >= 4 is 27.8 Å². The number of hydrogen-bond acceptors (Lipinski definition) is 7. The molecule has 9 nitrogen and oxygen atoms in total. The molecule has 2 rings (SSSR count).